The molecule has 2 aromatic carbocycles. The maximum atomic E-state index is 10.1. The van der Waals surface area contributed by atoms with Gasteiger partial charge in [-0.05, 0) is 49.9 Å². The molecule has 0 spiro atoms. The molecule has 0 fully saturated rings. The summed E-state index contributed by atoms with van der Waals surface area (Å²) in [6.07, 6.45) is 0. The monoisotopic (exact) mass is 292 g/mol. The molecule has 3 aromatic rings. The standard InChI is InChI=1S/C17H16N4O/c1-9-6-13-12(16(22)7-9)4-5-15-14(13)8-21(15)17-19-10(2)18-11(3)20-17/h4-7,22H,8H2,1-3H3. The Hall–Kier alpha value is -2.69. The van der Waals surface area contributed by atoms with E-state index in [2.05, 4.69) is 25.9 Å². The fraction of sp³-hybridized carbons (Fsp3) is 0.235. The number of aromatic nitrogens is 3. The fourth-order valence-corrected chi connectivity index (χ4v) is 3.07. The molecule has 0 atom stereocenters. The molecule has 0 amide bonds. The molecule has 5 nitrogen and oxygen atoms in total. The Morgan fingerprint density at radius 1 is 0.955 bits per heavy atom. The molecule has 0 saturated carbocycles. The molecule has 0 saturated heterocycles. The van der Waals surface area contributed by atoms with Gasteiger partial charge < -0.3 is 10.0 Å². The molecule has 0 aliphatic carbocycles. The average Bonchev–Trinajstić information content (AvgIpc) is 2.38. The maximum absolute atomic E-state index is 10.1. The second kappa shape index (κ2) is 4.40. The Balaban J connectivity index is 1.86. The van der Waals surface area contributed by atoms with E-state index in [0.717, 1.165) is 40.2 Å². The van der Waals surface area contributed by atoms with E-state index >= 15 is 0 Å². The zero-order valence-electron chi connectivity index (χ0n) is 12.8. The first-order valence-electron chi connectivity index (χ1n) is 7.25. The number of phenolic OH excluding ortho intramolecular Hbond substituents is 1. The summed E-state index contributed by atoms with van der Waals surface area (Å²) >= 11 is 0. The highest BCUT2D eigenvalue weighted by Crippen LogP contribution is 2.43. The number of fused-ring (bicyclic) bond motifs is 3. The van der Waals surface area contributed by atoms with Gasteiger partial charge >= 0.3 is 0 Å². The van der Waals surface area contributed by atoms with Crippen LogP contribution in [0.25, 0.3) is 10.8 Å². The number of aromatic hydroxyl groups is 1. The lowest BCUT2D eigenvalue weighted by Crippen LogP contribution is -2.30. The largest absolute Gasteiger partial charge is 0.507 e. The molecule has 1 N–H and O–H groups in total. The summed E-state index contributed by atoms with van der Waals surface area (Å²) in [5, 5.41) is 12.1. The summed E-state index contributed by atoms with van der Waals surface area (Å²) in [6, 6.07) is 7.89. The van der Waals surface area contributed by atoms with Gasteiger partial charge in [0.2, 0.25) is 5.95 Å². The molecule has 1 aromatic heterocycles. The number of rotatable bonds is 1. The first kappa shape index (κ1) is 13.0. The van der Waals surface area contributed by atoms with Crippen LogP contribution in [0.1, 0.15) is 22.8 Å². The fourth-order valence-electron chi connectivity index (χ4n) is 3.07. The van der Waals surface area contributed by atoms with E-state index in [1.165, 1.54) is 5.56 Å². The molecule has 1 aliphatic heterocycles. The van der Waals surface area contributed by atoms with Crippen molar-refractivity contribution in [2.75, 3.05) is 4.90 Å². The minimum Gasteiger partial charge on any atom is -0.507 e. The molecule has 0 bridgehead atoms. The van der Waals surface area contributed by atoms with Crippen molar-refractivity contribution < 1.29 is 5.11 Å². The average molecular weight is 292 g/mol. The highest BCUT2D eigenvalue weighted by molar-refractivity contribution is 5.98. The van der Waals surface area contributed by atoms with Gasteiger partial charge in [0.05, 0.1) is 6.54 Å². The lowest BCUT2D eigenvalue weighted by atomic mass is 9.94. The molecule has 0 radical (unpaired) electrons. The predicted molar refractivity (Wildman–Crippen MR) is 85.5 cm³/mol. The second-order valence-corrected chi connectivity index (χ2v) is 5.76. The SMILES string of the molecule is Cc1cc(O)c2ccc3c(c2c1)CN3c1nc(C)nc(C)n1. The molecule has 2 heterocycles. The lowest BCUT2D eigenvalue weighted by Gasteiger charge is -2.35. The lowest BCUT2D eigenvalue weighted by molar-refractivity contribution is 0.481. The van der Waals surface area contributed by atoms with Gasteiger partial charge in [-0.25, -0.2) is 4.98 Å². The van der Waals surface area contributed by atoms with Gasteiger partial charge in [-0.2, -0.15) is 9.97 Å². The van der Waals surface area contributed by atoms with Gasteiger partial charge in [0.25, 0.3) is 0 Å². The molecule has 110 valence electrons. The Bertz CT molecular complexity index is 900. The van der Waals surface area contributed by atoms with E-state index in [0.29, 0.717) is 11.7 Å². The molecular weight excluding hydrogens is 276 g/mol. The third-order valence-corrected chi connectivity index (χ3v) is 4.04. The Kier molecular flexibility index (Phi) is 2.60. The van der Waals surface area contributed by atoms with E-state index < -0.39 is 0 Å². The van der Waals surface area contributed by atoms with Crippen molar-refractivity contribution in [1.82, 2.24) is 15.0 Å². The van der Waals surface area contributed by atoms with Crippen LogP contribution < -0.4 is 4.90 Å². The van der Waals surface area contributed by atoms with Crippen LogP contribution in [0.4, 0.5) is 11.6 Å². The van der Waals surface area contributed by atoms with Crippen LogP contribution in [0.2, 0.25) is 0 Å². The molecule has 4 rings (SSSR count). The van der Waals surface area contributed by atoms with E-state index in [4.69, 9.17) is 0 Å². The van der Waals surface area contributed by atoms with Crippen LogP contribution >= 0.6 is 0 Å². The molecule has 0 unspecified atom stereocenters. The zero-order chi connectivity index (χ0) is 15.4. The van der Waals surface area contributed by atoms with Gasteiger partial charge in [0.15, 0.2) is 0 Å². The van der Waals surface area contributed by atoms with E-state index in [1.54, 1.807) is 6.07 Å². The number of anilines is 2. The number of phenols is 1. The minimum absolute atomic E-state index is 0.336. The predicted octanol–water partition coefficient (Wildman–Crippen LogP) is 3.31. The van der Waals surface area contributed by atoms with Crippen LogP contribution in [-0.4, -0.2) is 20.1 Å². The highest BCUT2D eigenvalue weighted by Gasteiger charge is 2.28. The van der Waals surface area contributed by atoms with Crippen LogP contribution in [-0.2, 0) is 6.54 Å². The number of benzene rings is 2. The number of nitrogens with zero attached hydrogens (tertiary/aromatic N) is 4. The molecule has 1 aliphatic rings. The molecular formula is C17H16N4O. The quantitative estimate of drug-likeness (QED) is 0.745. The van der Waals surface area contributed by atoms with E-state index in [9.17, 15) is 5.11 Å². The maximum Gasteiger partial charge on any atom is 0.233 e. The zero-order valence-corrected chi connectivity index (χ0v) is 12.8. The molecule has 5 heteroatoms. The second-order valence-electron chi connectivity index (χ2n) is 5.76. The summed E-state index contributed by atoms with van der Waals surface area (Å²) < 4.78 is 0. The van der Waals surface area contributed by atoms with Crippen molar-refractivity contribution in [3.8, 4) is 5.75 Å². The molecule has 22 heavy (non-hydrogen) atoms. The summed E-state index contributed by atoms with van der Waals surface area (Å²) in [6.45, 7) is 6.49. The van der Waals surface area contributed by atoms with Crippen molar-refractivity contribution in [3.63, 3.8) is 0 Å². The van der Waals surface area contributed by atoms with Gasteiger partial charge in [-0.15, -0.1) is 0 Å². The smallest absolute Gasteiger partial charge is 0.233 e. The summed E-state index contributed by atoms with van der Waals surface area (Å²) in [5.41, 5.74) is 3.39. The third-order valence-electron chi connectivity index (χ3n) is 4.04. The van der Waals surface area contributed by atoms with Gasteiger partial charge in [-0.3, -0.25) is 0 Å². The third kappa shape index (κ3) is 1.82. The van der Waals surface area contributed by atoms with Crippen molar-refractivity contribution >= 4 is 22.4 Å². The number of hydrogen-bond donors (Lipinski definition) is 1. The summed E-state index contributed by atoms with van der Waals surface area (Å²) in [4.78, 5) is 15.2. The topological polar surface area (TPSA) is 62.1 Å². The van der Waals surface area contributed by atoms with E-state index in [1.807, 2.05) is 32.9 Å². The van der Waals surface area contributed by atoms with Crippen LogP contribution in [0, 0.1) is 20.8 Å². The Morgan fingerprint density at radius 2 is 1.68 bits per heavy atom. The minimum atomic E-state index is 0.336. The Morgan fingerprint density at radius 3 is 2.41 bits per heavy atom. The van der Waals surface area contributed by atoms with Gasteiger partial charge in [0.1, 0.15) is 17.4 Å². The summed E-state index contributed by atoms with van der Waals surface area (Å²) in [5.74, 6) is 2.48. The normalized spacial score (nSPS) is 13.1. The van der Waals surface area contributed by atoms with Crippen molar-refractivity contribution in [1.29, 1.82) is 0 Å². The van der Waals surface area contributed by atoms with Crippen molar-refractivity contribution in [2.24, 2.45) is 0 Å². The van der Waals surface area contributed by atoms with Crippen LogP contribution in [0.3, 0.4) is 0 Å². The van der Waals surface area contributed by atoms with Crippen LogP contribution in [0.15, 0.2) is 24.3 Å². The number of hydrogen-bond acceptors (Lipinski definition) is 5. The summed E-state index contributed by atoms with van der Waals surface area (Å²) in [7, 11) is 0. The Labute approximate surface area is 128 Å². The van der Waals surface area contributed by atoms with Gasteiger partial charge in [-0.1, -0.05) is 6.07 Å². The van der Waals surface area contributed by atoms with Gasteiger partial charge in [0, 0.05) is 16.6 Å². The highest BCUT2D eigenvalue weighted by atomic mass is 16.3. The first-order chi connectivity index (χ1) is 10.5. The van der Waals surface area contributed by atoms with Crippen molar-refractivity contribution in [3.05, 3.63) is 47.0 Å². The number of aryl methyl sites for hydroxylation is 3. The van der Waals surface area contributed by atoms with E-state index in [-0.39, 0.29) is 0 Å². The first-order valence-corrected chi connectivity index (χ1v) is 7.25. The van der Waals surface area contributed by atoms with Crippen molar-refractivity contribution in [2.45, 2.75) is 27.3 Å². The van der Waals surface area contributed by atoms with Crippen LogP contribution in [0.5, 0.6) is 5.75 Å².